The summed E-state index contributed by atoms with van der Waals surface area (Å²) in [6.45, 7) is 8.77. The fourth-order valence-corrected chi connectivity index (χ4v) is 6.43. The van der Waals surface area contributed by atoms with Gasteiger partial charge in [-0.3, -0.25) is 0 Å². The summed E-state index contributed by atoms with van der Waals surface area (Å²) in [5.74, 6) is 1.50. The molecule has 4 rings (SSSR count). The van der Waals surface area contributed by atoms with E-state index >= 15 is 0 Å². The molecule has 6 heteroatoms. The van der Waals surface area contributed by atoms with Gasteiger partial charge in [0.15, 0.2) is 0 Å². The zero-order chi connectivity index (χ0) is 20.1. The van der Waals surface area contributed by atoms with Crippen LogP contribution in [0.1, 0.15) is 29.9 Å². The number of anilines is 1. The van der Waals surface area contributed by atoms with Crippen LogP contribution < -0.4 is 19.5 Å². The van der Waals surface area contributed by atoms with E-state index in [-0.39, 0.29) is 5.54 Å². The molecule has 1 N–H and O–H groups in total. The quantitative estimate of drug-likeness (QED) is 0.536. The number of benzene rings is 2. The van der Waals surface area contributed by atoms with E-state index in [9.17, 15) is 0 Å². The van der Waals surface area contributed by atoms with E-state index in [2.05, 4.69) is 45.1 Å². The second-order valence-corrected chi connectivity index (χ2v) is 9.69. The van der Waals surface area contributed by atoms with Gasteiger partial charge in [-0.25, -0.2) is 4.99 Å². The van der Waals surface area contributed by atoms with Crippen molar-refractivity contribution < 1.29 is 9.47 Å². The SMILES string of the molecule is COc1ccc(OC)c(N=c2ssc3c2-c2cc(C)c(C)cc2NC3(C)C)c1. The highest BCUT2D eigenvalue weighted by molar-refractivity contribution is 7.68. The minimum Gasteiger partial charge on any atom is -0.497 e. The van der Waals surface area contributed by atoms with Gasteiger partial charge in [-0.15, -0.1) is 0 Å². The molecule has 0 saturated heterocycles. The van der Waals surface area contributed by atoms with Crippen molar-refractivity contribution in [2.24, 2.45) is 4.99 Å². The average molecular weight is 413 g/mol. The number of nitrogens with one attached hydrogen (secondary N) is 1. The van der Waals surface area contributed by atoms with Gasteiger partial charge in [0.2, 0.25) is 0 Å². The number of fused-ring (bicyclic) bond motifs is 3. The molecule has 4 nitrogen and oxygen atoms in total. The maximum Gasteiger partial charge on any atom is 0.144 e. The Labute approximate surface area is 172 Å². The van der Waals surface area contributed by atoms with E-state index in [1.165, 1.54) is 32.8 Å². The molecule has 28 heavy (non-hydrogen) atoms. The zero-order valence-corrected chi connectivity index (χ0v) is 18.6. The lowest BCUT2D eigenvalue weighted by Gasteiger charge is -2.34. The minimum absolute atomic E-state index is 0.141. The fraction of sp³-hybridized carbons (Fsp3) is 0.318. The molecular formula is C22H24N2O2S2. The zero-order valence-electron chi connectivity index (χ0n) is 17.0. The number of methoxy groups -OCH3 is 2. The lowest BCUT2D eigenvalue weighted by molar-refractivity contribution is 0.404. The van der Waals surface area contributed by atoms with Gasteiger partial charge >= 0.3 is 0 Å². The molecule has 0 amide bonds. The number of hydrogen-bond donors (Lipinski definition) is 1. The van der Waals surface area contributed by atoms with E-state index in [4.69, 9.17) is 14.5 Å². The van der Waals surface area contributed by atoms with Crippen LogP contribution in [0, 0.1) is 13.8 Å². The maximum atomic E-state index is 5.53. The van der Waals surface area contributed by atoms with Crippen molar-refractivity contribution in [2.45, 2.75) is 33.2 Å². The van der Waals surface area contributed by atoms with Crippen molar-refractivity contribution in [3.05, 3.63) is 51.0 Å². The Kier molecular flexibility index (Phi) is 4.71. The maximum absolute atomic E-state index is 5.53. The molecule has 0 unspecified atom stereocenters. The van der Waals surface area contributed by atoms with Crippen LogP contribution in [0.4, 0.5) is 11.4 Å². The Morgan fingerprint density at radius 1 is 0.964 bits per heavy atom. The van der Waals surface area contributed by atoms with Gasteiger partial charge in [0.25, 0.3) is 0 Å². The third-order valence-electron chi connectivity index (χ3n) is 5.17. The first kappa shape index (κ1) is 19.0. The second-order valence-electron chi connectivity index (χ2n) is 7.56. The number of ether oxygens (including phenoxy) is 2. The van der Waals surface area contributed by atoms with Crippen molar-refractivity contribution >= 4 is 32.1 Å². The highest BCUT2D eigenvalue weighted by Gasteiger charge is 2.33. The Morgan fingerprint density at radius 2 is 1.71 bits per heavy atom. The molecule has 0 saturated carbocycles. The summed E-state index contributed by atoms with van der Waals surface area (Å²) in [5.41, 5.74) is 6.82. The first-order chi connectivity index (χ1) is 13.3. The average Bonchev–Trinajstić information content (AvgIpc) is 3.08. The summed E-state index contributed by atoms with van der Waals surface area (Å²) in [5, 5.41) is 3.71. The Balaban J connectivity index is 2.00. The molecule has 0 radical (unpaired) electrons. The van der Waals surface area contributed by atoms with Crippen LogP contribution in [0.15, 0.2) is 35.3 Å². The van der Waals surface area contributed by atoms with Crippen LogP contribution in [0.3, 0.4) is 0 Å². The van der Waals surface area contributed by atoms with Crippen molar-refractivity contribution in [1.82, 2.24) is 0 Å². The van der Waals surface area contributed by atoms with Crippen molar-refractivity contribution in [3.8, 4) is 22.6 Å². The summed E-state index contributed by atoms with van der Waals surface area (Å²) in [4.78, 5) is 6.32. The topological polar surface area (TPSA) is 42.9 Å². The molecule has 2 aromatic carbocycles. The van der Waals surface area contributed by atoms with E-state index in [1.807, 2.05) is 18.2 Å². The van der Waals surface area contributed by atoms with Crippen LogP contribution in [0.5, 0.6) is 11.5 Å². The third-order valence-corrected chi connectivity index (χ3v) is 7.81. The third kappa shape index (κ3) is 3.10. The van der Waals surface area contributed by atoms with E-state index in [0.717, 1.165) is 21.9 Å². The van der Waals surface area contributed by atoms with Gasteiger partial charge in [-0.05, 0) is 63.1 Å². The van der Waals surface area contributed by atoms with Crippen molar-refractivity contribution in [3.63, 3.8) is 0 Å². The molecule has 1 aromatic heterocycles. The monoisotopic (exact) mass is 412 g/mol. The molecule has 0 spiro atoms. The van der Waals surface area contributed by atoms with E-state index < -0.39 is 0 Å². The highest BCUT2D eigenvalue weighted by Crippen LogP contribution is 2.46. The van der Waals surface area contributed by atoms with Gasteiger partial charge in [-0.1, -0.05) is 20.7 Å². The molecule has 1 aliphatic heterocycles. The molecular weight excluding hydrogens is 388 g/mol. The lowest BCUT2D eigenvalue weighted by Crippen LogP contribution is -2.31. The normalized spacial score (nSPS) is 14.9. The Hall–Kier alpha value is -2.31. The molecule has 0 fully saturated rings. The molecule has 146 valence electrons. The molecule has 1 aliphatic rings. The summed E-state index contributed by atoms with van der Waals surface area (Å²) in [6.07, 6.45) is 0. The van der Waals surface area contributed by atoms with Crippen LogP contribution in [0.25, 0.3) is 11.1 Å². The van der Waals surface area contributed by atoms with Gasteiger partial charge in [0.1, 0.15) is 21.9 Å². The van der Waals surface area contributed by atoms with Crippen LogP contribution in [-0.2, 0) is 5.54 Å². The molecule has 0 aliphatic carbocycles. The van der Waals surface area contributed by atoms with Crippen molar-refractivity contribution in [1.29, 1.82) is 0 Å². The highest BCUT2D eigenvalue weighted by atomic mass is 32.9. The number of aryl methyl sites for hydroxylation is 2. The molecule has 0 bridgehead atoms. The summed E-state index contributed by atoms with van der Waals surface area (Å²) < 4.78 is 11.9. The first-order valence-electron chi connectivity index (χ1n) is 9.14. The van der Waals surface area contributed by atoms with E-state index in [1.54, 1.807) is 34.9 Å². The summed E-state index contributed by atoms with van der Waals surface area (Å²) >= 11 is 0. The smallest absolute Gasteiger partial charge is 0.144 e. The Morgan fingerprint density at radius 3 is 2.43 bits per heavy atom. The largest absolute Gasteiger partial charge is 0.497 e. The summed E-state index contributed by atoms with van der Waals surface area (Å²) in [6, 6.07) is 10.2. The number of nitrogens with zero attached hydrogens (tertiary/aromatic N) is 1. The van der Waals surface area contributed by atoms with Gasteiger partial charge in [0, 0.05) is 22.9 Å². The second kappa shape index (κ2) is 6.94. The van der Waals surface area contributed by atoms with E-state index in [0.29, 0.717) is 0 Å². The van der Waals surface area contributed by atoms with Gasteiger partial charge < -0.3 is 14.8 Å². The van der Waals surface area contributed by atoms with Crippen LogP contribution >= 0.6 is 20.7 Å². The van der Waals surface area contributed by atoms with Crippen LogP contribution in [-0.4, -0.2) is 14.2 Å². The molecule has 0 atom stereocenters. The summed E-state index contributed by atoms with van der Waals surface area (Å²) in [7, 11) is 6.83. The number of rotatable bonds is 3. The molecule has 2 heterocycles. The lowest BCUT2D eigenvalue weighted by atomic mass is 9.88. The van der Waals surface area contributed by atoms with Crippen LogP contribution in [0.2, 0.25) is 0 Å². The Bertz CT molecular complexity index is 1130. The first-order valence-corrected chi connectivity index (χ1v) is 11.3. The standard InChI is InChI=1S/C22H24N2O2S2/c1-12-9-15-16(10-13(12)2)24-22(3,4)20-19(15)21(28-27-20)23-17-11-14(25-5)7-8-18(17)26-6/h7-11,24H,1-6H3. The predicted molar refractivity (Wildman–Crippen MR) is 119 cm³/mol. The van der Waals surface area contributed by atoms with Gasteiger partial charge in [0.05, 0.1) is 24.6 Å². The molecule has 3 aromatic rings. The number of hydrogen-bond acceptors (Lipinski definition) is 6. The minimum atomic E-state index is -0.141. The van der Waals surface area contributed by atoms with Crippen molar-refractivity contribution in [2.75, 3.05) is 19.5 Å². The predicted octanol–water partition coefficient (Wildman–Crippen LogP) is 6.00. The van der Waals surface area contributed by atoms with Gasteiger partial charge in [-0.2, -0.15) is 0 Å². The fourth-order valence-electron chi connectivity index (χ4n) is 3.50.